The molecule has 1 aliphatic heterocycles. The summed E-state index contributed by atoms with van der Waals surface area (Å²) in [6, 6.07) is 11.5. The van der Waals surface area contributed by atoms with Crippen LogP contribution < -0.4 is 4.74 Å². The van der Waals surface area contributed by atoms with Crippen LogP contribution >= 0.6 is 0 Å². The van der Waals surface area contributed by atoms with Gasteiger partial charge in [0.05, 0.1) is 12.7 Å². The first-order chi connectivity index (χ1) is 12.6. The van der Waals surface area contributed by atoms with Crippen molar-refractivity contribution in [3.8, 4) is 16.9 Å². The maximum atomic E-state index is 14.8. The van der Waals surface area contributed by atoms with Crippen molar-refractivity contribution < 1.29 is 13.9 Å². The molecule has 0 saturated carbocycles. The second kappa shape index (κ2) is 8.33. The molecule has 0 N–H and O–H groups in total. The predicted octanol–water partition coefficient (Wildman–Crippen LogP) is 5.80. The van der Waals surface area contributed by atoms with Crippen LogP contribution in [0.1, 0.15) is 24.0 Å². The Kier molecular flexibility index (Phi) is 5.89. The highest BCUT2D eigenvalue weighted by molar-refractivity contribution is 5.69. The van der Waals surface area contributed by atoms with Gasteiger partial charge in [0.25, 0.3) is 0 Å². The third-order valence-electron chi connectivity index (χ3n) is 4.97. The minimum atomic E-state index is -0.310. The van der Waals surface area contributed by atoms with E-state index in [9.17, 15) is 4.39 Å². The summed E-state index contributed by atoms with van der Waals surface area (Å²) in [5, 5.41) is 0. The highest BCUT2D eigenvalue weighted by atomic mass is 19.1. The zero-order chi connectivity index (χ0) is 18.5. The first-order valence-electron chi connectivity index (χ1n) is 9.01. The summed E-state index contributed by atoms with van der Waals surface area (Å²) < 4.78 is 26.2. The van der Waals surface area contributed by atoms with E-state index in [1.54, 1.807) is 19.1 Å². The van der Waals surface area contributed by atoms with Crippen LogP contribution in [0.25, 0.3) is 17.2 Å². The van der Waals surface area contributed by atoms with E-state index in [0.717, 1.165) is 29.5 Å². The van der Waals surface area contributed by atoms with Crippen molar-refractivity contribution in [3.05, 3.63) is 72.6 Å². The normalized spacial score (nSPS) is 19.8. The molecule has 2 aromatic carbocycles. The molecule has 0 amide bonds. The predicted molar refractivity (Wildman–Crippen MR) is 105 cm³/mol. The molecule has 3 rings (SSSR count). The van der Waals surface area contributed by atoms with E-state index >= 15 is 0 Å². The Morgan fingerprint density at radius 1 is 1.15 bits per heavy atom. The van der Waals surface area contributed by atoms with Crippen LogP contribution in [0, 0.1) is 18.7 Å². The number of ether oxygens (including phenoxy) is 2. The Morgan fingerprint density at radius 3 is 2.54 bits per heavy atom. The fraction of sp³-hybridized carbons (Fsp3) is 0.304. The van der Waals surface area contributed by atoms with E-state index in [0.29, 0.717) is 24.7 Å². The molecule has 0 spiro atoms. The molecule has 0 bridgehead atoms. The molecule has 2 nitrogen and oxygen atoms in total. The van der Waals surface area contributed by atoms with Crippen molar-refractivity contribution in [1.82, 2.24) is 0 Å². The molecule has 2 unspecified atom stereocenters. The third kappa shape index (κ3) is 4.05. The maximum Gasteiger partial charge on any atom is 0.168 e. The van der Waals surface area contributed by atoms with E-state index in [2.05, 4.69) is 13.2 Å². The molecular formula is C23H25FO2. The third-order valence-corrected chi connectivity index (χ3v) is 4.97. The van der Waals surface area contributed by atoms with E-state index in [-0.39, 0.29) is 17.7 Å². The number of rotatable bonds is 6. The lowest BCUT2D eigenvalue weighted by Crippen LogP contribution is -2.30. The van der Waals surface area contributed by atoms with Crippen molar-refractivity contribution in [2.45, 2.75) is 25.9 Å². The molecule has 26 heavy (non-hydrogen) atoms. The highest BCUT2D eigenvalue weighted by Crippen LogP contribution is 2.31. The lowest BCUT2D eigenvalue weighted by atomic mass is 9.98. The summed E-state index contributed by atoms with van der Waals surface area (Å²) in [5.41, 5.74) is 3.47. The maximum absolute atomic E-state index is 14.8. The summed E-state index contributed by atoms with van der Waals surface area (Å²) in [6.07, 6.45) is 5.68. The first kappa shape index (κ1) is 18.4. The molecule has 0 aromatic heterocycles. The van der Waals surface area contributed by atoms with Gasteiger partial charge in [0, 0.05) is 5.92 Å². The van der Waals surface area contributed by atoms with Gasteiger partial charge in [-0.3, -0.25) is 0 Å². The van der Waals surface area contributed by atoms with E-state index in [1.807, 2.05) is 36.4 Å². The molecule has 3 heteroatoms. The van der Waals surface area contributed by atoms with Crippen LogP contribution in [0.2, 0.25) is 0 Å². The van der Waals surface area contributed by atoms with Gasteiger partial charge in [-0.05, 0) is 48.1 Å². The standard InChI is InChI=1S/C23H25FO2/c1-4-17-6-9-19(10-7-17)21-12-13-22(23(24)16(21)3)26-15-20-11-8-18(5-2)14-25-20/h4-7,9-10,12-13,18,20H,1-2,8,11,14-15H2,3H3. The van der Waals surface area contributed by atoms with Crippen LogP contribution in [0.15, 0.2) is 55.6 Å². The Labute approximate surface area is 155 Å². The Bertz CT molecular complexity index is 772. The number of halogens is 1. The number of hydrogen-bond donors (Lipinski definition) is 0. The lowest BCUT2D eigenvalue weighted by Gasteiger charge is -2.27. The summed E-state index contributed by atoms with van der Waals surface area (Å²) >= 11 is 0. The van der Waals surface area contributed by atoms with E-state index in [1.165, 1.54) is 0 Å². The summed E-state index contributed by atoms with van der Waals surface area (Å²) in [7, 11) is 0. The fourth-order valence-corrected chi connectivity index (χ4v) is 3.21. The number of hydrogen-bond acceptors (Lipinski definition) is 2. The van der Waals surface area contributed by atoms with Crippen LogP contribution in [0.5, 0.6) is 5.75 Å². The molecule has 0 aliphatic carbocycles. The quantitative estimate of drug-likeness (QED) is 0.611. The zero-order valence-electron chi connectivity index (χ0n) is 15.2. The van der Waals surface area contributed by atoms with Crippen LogP contribution in [-0.2, 0) is 4.74 Å². The topological polar surface area (TPSA) is 18.5 Å². The van der Waals surface area contributed by atoms with Gasteiger partial charge in [-0.25, -0.2) is 4.39 Å². The van der Waals surface area contributed by atoms with Crippen molar-refractivity contribution in [3.63, 3.8) is 0 Å². The van der Waals surface area contributed by atoms with Crippen molar-refractivity contribution >= 4 is 6.08 Å². The van der Waals surface area contributed by atoms with Gasteiger partial charge >= 0.3 is 0 Å². The largest absolute Gasteiger partial charge is 0.488 e. The Hall–Kier alpha value is -2.39. The monoisotopic (exact) mass is 352 g/mol. The van der Waals surface area contributed by atoms with Crippen molar-refractivity contribution in [2.75, 3.05) is 13.2 Å². The average Bonchev–Trinajstić information content (AvgIpc) is 2.69. The molecule has 136 valence electrons. The molecule has 0 radical (unpaired) electrons. The van der Waals surface area contributed by atoms with Gasteiger partial charge in [-0.15, -0.1) is 6.58 Å². The molecule has 1 fully saturated rings. The minimum Gasteiger partial charge on any atom is -0.488 e. The second-order valence-electron chi connectivity index (χ2n) is 6.72. The molecule has 1 heterocycles. The van der Waals surface area contributed by atoms with Gasteiger partial charge in [0.1, 0.15) is 6.61 Å². The van der Waals surface area contributed by atoms with Gasteiger partial charge in [-0.2, -0.15) is 0 Å². The molecule has 1 aliphatic rings. The second-order valence-corrected chi connectivity index (χ2v) is 6.72. The van der Waals surface area contributed by atoms with Crippen molar-refractivity contribution in [1.29, 1.82) is 0 Å². The van der Waals surface area contributed by atoms with Crippen LogP contribution in [0.4, 0.5) is 4.39 Å². The van der Waals surface area contributed by atoms with E-state index < -0.39 is 0 Å². The molecule has 1 saturated heterocycles. The van der Waals surface area contributed by atoms with Crippen molar-refractivity contribution in [2.24, 2.45) is 5.92 Å². The SMILES string of the molecule is C=Cc1ccc(-c2ccc(OCC3CCC(C=C)CO3)c(F)c2C)cc1. The summed E-state index contributed by atoms with van der Waals surface area (Å²) in [4.78, 5) is 0. The van der Waals surface area contributed by atoms with Gasteiger partial charge < -0.3 is 9.47 Å². The van der Waals surface area contributed by atoms with E-state index in [4.69, 9.17) is 9.47 Å². The smallest absolute Gasteiger partial charge is 0.168 e. The van der Waals surface area contributed by atoms with Crippen LogP contribution in [0.3, 0.4) is 0 Å². The fourth-order valence-electron chi connectivity index (χ4n) is 3.21. The molecule has 2 atom stereocenters. The lowest BCUT2D eigenvalue weighted by molar-refractivity contribution is -0.0280. The molecule has 2 aromatic rings. The summed E-state index contributed by atoms with van der Waals surface area (Å²) in [6.45, 7) is 10.4. The first-order valence-corrected chi connectivity index (χ1v) is 9.01. The minimum absolute atomic E-state index is 0.0111. The van der Waals surface area contributed by atoms with Gasteiger partial charge in [0.2, 0.25) is 0 Å². The Balaban J connectivity index is 1.69. The average molecular weight is 352 g/mol. The van der Waals surface area contributed by atoms with Gasteiger partial charge in [-0.1, -0.05) is 49.1 Å². The Morgan fingerprint density at radius 2 is 1.92 bits per heavy atom. The number of benzene rings is 2. The summed E-state index contributed by atoms with van der Waals surface area (Å²) in [5.74, 6) is 0.385. The van der Waals surface area contributed by atoms with Gasteiger partial charge in [0.15, 0.2) is 11.6 Å². The molecular weight excluding hydrogens is 327 g/mol. The zero-order valence-corrected chi connectivity index (χ0v) is 15.2. The van der Waals surface area contributed by atoms with Crippen LogP contribution in [-0.4, -0.2) is 19.3 Å². The highest BCUT2D eigenvalue weighted by Gasteiger charge is 2.21.